The number of benzene rings is 2. The smallest absolute Gasteiger partial charge is 0.410 e. The Morgan fingerprint density at radius 3 is 2.43 bits per heavy atom. The van der Waals surface area contributed by atoms with Gasteiger partial charge in [-0.05, 0) is 55.1 Å². The van der Waals surface area contributed by atoms with Gasteiger partial charge in [0.05, 0.1) is 6.04 Å². The van der Waals surface area contributed by atoms with Gasteiger partial charge in [-0.25, -0.2) is 4.79 Å². The van der Waals surface area contributed by atoms with Crippen molar-refractivity contribution in [2.24, 2.45) is 0 Å². The van der Waals surface area contributed by atoms with Crippen LogP contribution in [0.25, 0.3) is 0 Å². The number of piperazine rings is 1. The number of carbonyl (C=O) groups is 1. The predicted octanol–water partition coefficient (Wildman–Crippen LogP) is 4.65. The topological polar surface area (TPSA) is 36.0 Å². The lowest BCUT2D eigenvalue weighted by Crippen LogP contribution is -2.44. The maximum atomic E-state index is 13.0. The predicted molar refractivity (Wildman–Crippen MR) is 121 cm³/mol. The molecule has 5 nitrogen and oxygen atoms in total. The highest BCUT2D eigenvalue weighted by molar-refractivity contribution is 5.69. The molecule has 4 rings (SSSR count). The largest absolute Gasteiger partial charge is 0.445 e. The van der Waals surface area contributed by atoms with E-state index in [2.05, 4.69) is 48.9 Å². The highest BCUT2D eigenvalue weighted by atomic mass is 16.6. The van der Waals surface area contributed by atoms with Gasteiger partial charge in [0.25, 0.3) is 0 Å². The second-order valence-electron chi connectivity index (χ2n) is 8.70. The van der Waals surface area contributed by atoms with Crippen molar-refractivity contribution in [3.05, 3.63) is 65.2 Å². The standard InChI is InChI=1S/C25H33N3O2/c1-19-11-12-28(25(29)30-18-21-7-5-4-6-8-21)20(2)24-17-22(9-10-23(19)24)27-15-13-26(3)14-16-27/h4-10,17,19-20H,11-16,18H2,1-3H3/t19-,20-/m0/s1. The first-order chi connectivity index (χ1) is 14.5. The van der Waals surface area contributed by atoms with Crippen LogP contribution >= 0.6 is 0 Å². The first-order valence-electron chi connectivity index (χ1n) is 11.1. The van der Waals surface area contributed by atoms with E-state index in [1.165, 1.54) is 16.8 Å². The highest BCUT2D eigenvalue weighted by Gasteiger charge is 2.30. The van der Waals surface area contributed by atoms with Gasteiger partial charge in [-0.15, -0.1) is 0 Å². The molecule has 0 saturated carbocycles. The Hall–Kier alpha value is -2.53. The van der Waals surface area contributed by atoms with E-state index in [1.54, 1.807) is 0 Å². The lowest BCUT2D eigenvalue weighted by Gasteiger charge is -2.35. The Balaban J connectivity index is 1.52. The fourth-order valence-corrected chi connectivity index (χ4v) is 4.54. The summed E-state index contributed by atoms with van der Waals surface area (Å²) in [5, 5.41) is 0. The van der Waals surface area contributed by atoms with Gasteiger partial charge in [0.1, 0.15) is 6.61 Å². The van der Waals surface area contributed by atoms with Crippen LogP contribution in [0, 0.1) is 0 Å². The number of nitrogens with zero attached hydrogens (tertiary/aromatic N) is 3. The van der Waals surface area contributed by atoms with E-state index in [-0.39, 0.29) is 12.1 Å². The zero-order chi connectivity index (χ0) is 21.1. The number of hydrogen-bond donors (Lipinski definition) is 0. The van der Waals surface area contributed by atoms with Gasteiger partial charge in [0.15, 0.2) is 0 Å². The van der Waals surface area contributed by atoms with Crippen LogP contribution in [0.4, 0.5) is 10.5 Å². The van der Waals surface area contributed by atoms with Crippen LogP contribution in [-0.4, -0.2) is 55.7 Å². The molecule has 5 heteroatoms. The van der Waals surface area contributed by atoms with E-state index in [0.717, 1.165) is 38.2 Å². The van der Waals surface area contributed by atoms with Crippen molar-refractivity contribution in [3.63, 3.8) is 0 Å². The zero-order valence-corrected chi connectivity index (χ0v) is 18.4. The monoisotopic (exact) mass is 407 g/mol. The summed E-state index contributed by atoms with van der Waals surface area (Å²) in [6, 6.07) is 16.7. The van der Waals surface area contributed by atoms with Crippen molar-refractivity contribution in [2.75, 3.05) is 44.7 Å². The molecule has 1 amide bonds. The highest BCUT2D eigenvalue weighted by Crippen LogP contribution is 2.37. The Morgan fingerprint density at radius 2 is 1.70 bits per heavy atom. The van der Waals surface area contributed by atoms with Crippen LogP contribution in [0.3, 0.4) is 0 Å². The summed E-state index contributed by atoms with van der Waals surface area (Å²) in [5.74, 6) is 0.427. The Bertz CT molecular complexity index is 862. The zero-order valence-electron chi connectivity index (χ0n) is 18.4. The molecule has 0 spiro atoms. The van der Waals surface area contributed by atoms with Gasteiger partial charge in [0, 0.05) is 38.4 Å². The number of carbonyl (C=O) groups excluding carboxylic acids is 1. The molecular formula is C25H33N3O2. The fraction of sp³-hybridized carbons (Fsp3) is 0.480. The number of ether oxygens (including phenoxy) is 1. The third-order valence-corrected chi connectivity index (χ3v) is 6.63. The maximum absolute atomic E-state index is 13.0. The van der Waals surface area contributed by atoms with Crippen molar-refractivity contribution in [2.45, 2.75) is 38.8 Å². The van der Waals surface area contributed by atoms with Crippen LogP contribution in [0.15, 0.2) is 48.5 Å². The van der Waals surface area contributed by atoms with Crippen molar-refractivity contribution in [1.82, 2.24) is 9.80 Å². The molecule has 0 N–H and O–H groups in total. The number of hydrogen-bond acceptors (Lipinski definition) is 4. The molecule has 0 bridgehead atoms. The molecule has 160 valence electrons. The lowest BCUT2D eigenvalue weighted by atomic mass is 9.91. The van der Waals surface area contributed by atoms with Crippen LogP contribution in [0.5, 0.6) is 0 Å². The third kappa shape index (κ3) is 4.46. The summed E-state index contributed by atoms with van der Waals surface area (Å²) in [7, 11) is 2.18. The molecule has 2 aromatic carbocycles. The summed E-state index contributed by atoms with van der Waals surface area (Å²) in [6.45, 7) is 9.68. The lowest BCUT2D eigenvalue weighted by molar-refractivity contribution is 0.0834. The minimum Gasteiger partial charge on any atom is -0.445 e. The molecular weight excluding hydrogens is 374 g/mol. The summed E-state index contributed by atoms with van der Waals surface area (Å²) < 4.78 is 5.67. The average Bonchev–Trinajstić information content (AvgIpc) is 2.90. The van der Waals surface area contributed by atoms with Crippen LogP contribution in [0.2, 0.25) is 0 Å². The van der Waals surface area contributed by atoms with Gasteiger partial charge >= 0.3 is 6.09 Å². The number of anilines is 1. The third-order valence-electron chi connectivity index (χ3n) is 6.63. The van der Waals surface area contributed by atoms with E-state index < -0.39 is 0 Å². The SMILES string of the molecule is C[C@H]1CCN(C(=O)OCc2ccccc2)[C@@H](C)c2cc(N3CCN(C)CC3)ccc21. The minimum atomic E-state index is -0.226. The maximum Gasteiger partial charge on any atom is 0.410 e. The first kappa shape index (κ1) is 20.7. The second kappa shape index (κ2) is 9.09. The molecule has 0 unspecified atom stereocenters. The van der Waals surface area contributed by atoms with Crippen molar-refractivity contribution >= 4 is 11.8 Å². The molecule has 2 aromatic rings. The number of fused-ring (bicyclic) bond motifs is 1. The van der Waals surface area contributed by atoms with Gasteiger partial charge < -0.3 is 19.4 Å². The molecule has 2 heterocycles. The van der Waals surface area contributed by atoms with Crippen molar-refractivity contribution in [1.29, 1.82) is 0 Å². The minimum absolute atomic E-state index is 0.000590. The number of likely N-dealkylation sites (N-methyl/N-ethyl adjacent to an activating group) is 1. The summed E-state index contributed by atoms with van der Waals surface area (Å²) >= 11 is 0. The number of amides is 1. The normalized spacial score (nSPS) is 22.4. The molecule has 0 aromatic heterocycles. The van der Waals surface area contributed by atoms with E-state index in [1.807, 2.05) is 35.2 Å². The molecule has 2 aliphatic rings. The van der Waals surface area contributed by atoms with Crippen molar-refractivity contribution in [3.8, 4) is 0 Å². The molecule has 1 fully saturated rings. The summed E-state index contributed by atoms with van der Waals surface area (Å²) in [6.07, 6.45) is 0.724. The van der Waals surface area contributed by atoms with Gasteiger partial charge in [-0.1, -0.05) is 43.3 Å². The van der Waals surface area contributed by atoms with E-state index in [0.29, 0.717) is 19.1 Å². The Kier molecular flexibility index (Phi) is 6.28. The molecule has 2 aliphatic heterocycles. The molecule has 1 saturated heterocycles. The molecule has 2 atom stereocenters. The van der Waals surface area contributed by atoms with Crippen LogP contribution in [-0.2, 0) is 11.3 Å². The summed E-state index contributed by atoms with van der Waals surface area (Å²) in [4.78, 5) is 19.7. The van der Waals surface area contributed by atoms with Gasteiger partial charge in [-0.2, -0.15) is 0 Å². The second-order valence-corrected chi connectivity index (χ2v) is 8.70. The van der Waals surface area contributed by atoms with E-state index in [9.17, 15) is 4.79 Å². The Labute approximate surface area is 180 Å². The molecule has 30 heavy (non-hydrogen) atoms. The fourth-order valence-electron chi connectivity index (χ4n) is 4.54. The average molecular weight is 408 g/mol. The van der Waals surface area contributed by atoms with E-state index >= 15 is 0 Å². The number of rotatable bonds is 3. The van der Waals surface area contributed by atoms with Crippen molar-refractivity contribution < 1.29 is 9.53 Å². The summed E-state index contributed by atoms with van der Waals surface area (Å²) in [5.41, 5.74) is 4.90. The van der Waals surface area contributed by atoms with E-state index in [4.69, 9.17) is 4.74 Å². The molecule has 0 aliphatic carbocycles. The molecule has 0 radical (unpaired) electrons. The Morgan fingerprint density at radius 1 is 0.967 bits per heavy atom. The quantitative estimate of drug-likeness (QED) is 0.742. The van der Waals surface area contributed by atoms with Gasteiger partial charge in [-0.3, -0.25) is 0 Å². The van der Waals surface area contributed by atoms with Crippen LogP contribution in [0.1, 0.15) is 48.9 Å². The van der Waals surface area contributed by atoms with Gasteiger partial charge in [0.2, 0.25) is 0 Å². The van der Waals surface area contributed by atoms with Crippen LogP contribution < -0.4 is 4.90 Å². The first-order valence-corrected chi connectivity index (χ1v) is 11.1.